The van der Waals surface area contributed by atoms with Crippen molar-refractivity contribution in [1.82, 2.24) is 19.2 Å². The number of likely N-dealkylation sites (tertiary alicyclic amines) is 1. The van der Waals surface area contributed by atoms with Gasteiger partial charge < -0.3 is 26.0 Å². The zero-order chi connectivity index (χ0) is 30.9. The molecule has 43 heavy (non-hydrogen) atoms. The molecule has 1 aromatic heterocycles. The van der Waals surface area contributed by atoms with Crippen molar-refractivity contribution in [3.05, 3.63) is 66.1 Å². The maximum atomic E-state index is 13.9. The Bertz CT molecular complexity index is 1600. The van der Waals surface area contributed by atoms with E-state index in [-0.39, 0.29) is 29.7 Å². The van der Waals surface area contributed by atoms with Crippen LogP contribution in [-0.4, -0.2) is 83.6 Å². The lowest BCUT2D eigenvalue weighted by Crippen LogP contribution is -2.40. The van der Waals surface area contributed by atoms with Crippen LogP contribution in [0.1, 0.15) is 41.5 Å². The maximum absolute atomic E-state index is 13.9. The molecule has 2 amide bonds. The van der Waals surface area contributed by atoms with Gasteiger partial charge in [-0.05, 0) is 73.1 Å². The van der Waals surface area contributed by atoms with E-state index in [0.717, 1.165) is 29.0 Å². The number of hydrogen-bond acceptors (Lipinski definition) is 6. The number of sulfonamides is 1. The lowest BCUT2D eigenvalue weighted by atomic mass is 9.83. The zero-order valence-electron chi connectivity index (χ0n) is 24.0. The summed E-state index contributed by atoms with van der Waals surface area (Å²) in [7, 11) is -1.76. The molecule has 2 aromatic carbocycles. The smallest absolute Gasteiger partial charge is 0.411 e. The van der Waals surface area contributed by atoms with Crippen LogP contribution >= 0.6 is 0 Å². The third-order valence-electron chi connectivity index (χ3n) is 8.40. The molecule has 3 heterocycles. The van der Waals surface area contributed by atoms with Crippen molar-refractivity contribution in [3.63, 3.8) is 0 Å². The third-order valence-corrected chi connectivity index (χ3v) is 9.71. The van der Waals surface area contributed by atoms with Crippen molar-refractivity contribution < 1.29 is 23.1 Å². The standard InChI is InChI=1S/C29H36N8O5S/c1-35(29(39)40)23-9-5-19(6-10-23)24-16-32-26(34-24)25-15-21(18-11-13-36(14-12-18)43(2,41)42)17-37(25)27(38)20-3-7-22(8-4-20)33-28(30)31/h3-10,16,18,21,25H,11-15,17H2,1-2H3,(H,32,34)(H,39,40)(H4,30,31,33)/t21-,25+/m1/s1. The Morgan fingerprint density at radius 1 is 1.09 bits per heavy atom. The Hall–Kier alpha value is -4.43. The van der Waals surface area contributed by atoms with E-state index >= 15 is 0 Å². The number of benzene rings is 2. The number of imidazole rings is 1. The van der Waals surface area contributed by atoms with Gasteiger partial charge in [0, 0.05) is 43.6 Å². The van der Waals surface area contributed by atoms with Gasteiger partial charge >= 0.3 is 6.09 Å². The molecular weight excluding hydrogens is 572 g/mol. The number of amides is 2. The van der Waals surface area contributed by atoms with Gasteiger partial charge in [0.15, 0.2) is 5.96 Å². The second-order valence-electron chi connectivity index (χ2n) is 11.2. The normalized spacial score (nSPS) is 19.7. The Labute approximate surface area is 250 Å². The Balaban J connectivity index is 1.39. The zero-order valence-corrected chi connectivity index (χ0v) is 24.8. The van der Waals surface area contributed by atoms with Gasteiger partial charge in [-0.15, -0.1) is 0 Å². The monoisotopic (exact) mass is 608 g/mol. The number of aromatic nitrogens is 2. The molecule has 13 nitrogen and oxygen atoms in total. The van der Waals surface area contributed by atoms with E-state index in [1.54, 1.807) is 42.6 Å². The largest absolute Gasteiger partial charge is 0.465 e. The number of nitrogens with one attached hydrogen (secondary N) is 3. The highest BCUT2D eigenvalue weighted by Gasteiger charge is 2.42. The van der Waals surface area contributed by atoms with Gasteiger partial charge in [-0.2, -0.15) is 0 Å². The molecule has 3 aromatic rings. The molecule has 0 saturated carbocycles. The van der Waals surface area contributed by atoms with Crippen LogP contribution in [0.3, 0.4) is 0 Å². The molecule has 0 bridgehead atoms. The molecule has 2 fully saturated rings. The van der Waals surface area contributed by atoms with Crippen LogP contribution < -0.4 is 16.0 Å². The van der Waals surface area contributed by atoms with Gasteiger partial charge in [0.1, 0.15) is 5.82 Å². The van der Waals surface area contributed by atoms with E-state index in [1.165, 1.54) is 17.6 Å². The number of piperidine rings is 1. The van der Waals surface area contributed by atoms with Crippen molar-refractivity contribution in [2.24, 2.45) is 17.6 Å². The minimum atomic E-state index is -3.24. The van der Waals surface area contributed by atoms with Crippen LogP contribution in [0.15, 0.2) is 54.7 Å². The van der Waals surface area contributed by atoms with Crippen LogP contribution in [-0.2, 0) is 10.0 Å². The number of carboxylic acid groups (broad SMARTS) is 1. The molecule has 228 valence electrons. The van der Waals surface area contributed by atoms with Crippen LogP contribution in [0.5, 0.6) is 0 Å². The van der Waals surface area contributed by atoms with E-state index in [9.17, 15) is 23.1 Å². The van der Waals surface area contributed by atoms with Gasteiger partial charge in [-0.1, -0.05) is 12.1 Å². The first-order valence-corrected chi connectivity index (χ1v) is 15.8. The number of anilines is 2. The first-order valence-electron chi connectivity index (χ1n) is 14.0. The summed E-state index contributed by atoms with van der Waals surface area (Å²) in [5, 5.41) is 19.4. The molecule has 0 spiro atoms. The minimum Gasteiger partial charge on any atom is -0.465 e. The minimum absolute atomic E-state index is 0.144. The number of aromatic amines is 1. The van der Waals surface area contributed by atoms with Gasteiger partial charge in [0.25, 0.3) is 5.91 Å². The number of guanidine groups is 1. The highest BCUT2D eigenvalue weighted by atomic mass is 32.2. The number of carbonyl (C=O) groups excluding carboxylic acids is 1. The Morgan fingerprint density at radius 3 is 2.33 bits per heavy atom. The molecular formula is C29H36N8O5S. The Kier molecular flexibility index (Phi) is 8.42. The van der Waals surface area contributed by atoms with Crippen LogP contribution in [0.4, 0.5) is 16.2 Å². The maximum Gasteiger partial charge on any atom is 0.411 e. The predicted octanol–water partition coefficient (Wildman–Crippen LogP) is 3.37. The molecule has 2 aliphatic rings. The summed E-state index contributed by atoms with van der Waals surface area (Å²) in [6.45, 7) is 1.47. The van der Waals surface area contributed by atoms with Crippen molar-refractivity contribution >= 4 is 39.4 Å². The van der Waals surface area contributed by atoms with Crippen molar-refractivity contribution in [3.8, 4) is 11.3 Å². The van der Waals surface area contributed by atoms with E-state index < -0.39 is 16.1 Å². The average molecular weight is 609 g/mol. The number of carbonyl (C=O) groups is 2. The van der Waals surface area contributed by atoms with Gasteiger partial charge in [0.2, 0.25) is 10.0 Å². The lowest BCUT2D eigenvalue weighted by Gasteiger charge is -2.33. The van der Waals surface area contributed by atoms with E-state index in [4.69, 9.17) is 11.1 Å². The molecule has 0 unspecified atom stereocenters. The highest BCUT2D eigenvalue weighted by Crippen LogP contribution is 2.42. The summed E-state index contributed by atoms with van der Waals surface area (Å²) in [4.78, 5) is 36.2. The van der Waals surface area contributed by atoms with Crippen LogP contribution in [0, 0.1) is 17.2 Å². The fraction of sp³-hybridized carbons (Fsp3) is 0.379. The second kappa shape index (κ2) is 12.1. The second-order valence-corrected chi connectivity index (χ2v) is 13.1. The summed E-state index contributed by atoms with van der Waals surface area (Å²) in [6.07, 6.45) is 4.06. The summed E-state index contributed by atoms with van der Waals surface area (Å²) >= 11 is 0. The average Bonchev–Trinajstić information content (AvgIpc) is 3.64. The fourth-order valence-corrected chi connectivity index (χ4v) is 6.89. The molecule has 14 heteroatoms. The van der Waals surface area contributed by atoms with Crippen LogP contribution in [0.2, 0.25) is 0 Å². The van der Waals surface area contributed by atoms with E-state index in [0.29, 0.717) is 48.8 Å². The molecule has 6 N–H and O–H groups in total. The SMILES string of the molecule is CN(C(=O)O)c1ccc(-c2cnc([C@@H]3C[C@@H](C4CCN(S(C)(=O)=O)CC4)CN3C(=O)c3ccc(NC(=N)N)cc3)[nH]2)cc1. The molecule has 0 radical (unpaired) electrons. The summed E-state index contributed by atoms with van der Waals surface area (Å²) < 4.78 is 25.6. The molecule has 2 atom stereocenters. The number of rotatable bonds is 7. The van der Waals surface area contributed by atoms with Crippen LogP contribution in [0.25, 0.3) is 11.3 Å². The number of hydrogen-bond donors (Lipinski definition) is 5. The number of H-pyrrole nitrogens is 1. The quantitative estimate of drug-likeness (QED) is 0.199. The third kappa shape index (κ3) is 6.65. The highest BCUT2D eigenvalue weighted by molar-refractivity contribution is 7.88. The summed E-state index contributed by atoms with van der Waals surface area (Å²) in [6, 6.07) is 13.6. The molecule has 2 aliphatic heterocycles. The van der Waals surface area contributed by atoms with Gasteiger partial charge in [-0.25, -0.2) is 22.5 Å². The number of nitrogens with zero attached hydrogens (tertiary/aromatic N) is 4. The van der Waals surface area contributed by atoms with E-state index in [2.05, 4.69) is 15.3 Å². The topological polar surface area (TPSA) is 189 Å². The predicted molar refractivity (Wildman–Crippen MR) is 163 cm³/mol. The fourth-order valence-electron chi connectivity index (χ4n) is 6.02. The summed E-state index contributed by atoms with van der Waals surface area (Å²) in [5.41, 5.74) is 8.64. The molecule has 2 saturated heterocycles. The first kappa shape index (κ1) is 30.0. The van der Waals surface area contributed by atoms with Crippen molar-refractivity contribution in [1.29, 1.82) is 5.41 Å². The molecule has 0 aliphatic carbocycles. The molecule has 5 rings (SSSR count). The van der Waals surface area contributed by atoms with Gasteiger partial charge in [0.05, 0.1) is 24.2 Å². The van der Waals surface area contributed by atoms with E-state index in [1.807, 2.05) is 17.0 Å². The van der Waals surface area contributed by atoms with Crippen molar-refractivity contribution in [2.45, 2.75) is 25.3 Å². The number of nitrogens with two attached hydrogens (primary N) is 1. The van der Waals surface area contributed by atoms with Gasteiger partial charge in [-0.3, -0.25) is 15.1 Å². The van der Waals surface area contributed by atoms with Crippen molar-refractivity contribution in [2.75, 3.05) is 43.2 Å². The summed E-state index contributed by atoms with van der Waals surface area (Å²) in [5.74, 6) is 0.762. The first-order chi connectivity index (χ1) is 20.4. The Morgan fingerprint density at radius 2 is 1.74 bits per heavy atom. The lowest BCUT2D eigenvalue weighted by molar-refractivity contribution is 0.0720.